The maximum atomic E-state index is 5.49. The molecule has 1 aliphatic rings. The third kappa shape index (κ3) is 4.56. The van der Waals surface area contributed by atoms with Crippen LogP contribution in [0, 0.1) is 0 Å². The molecule has 2 nitrogen and oxygen atoms in total. The van der Waals surface area contributed by atoms with E-state index < -0.39 is 0 Å². The molecule has 0 saturated carbocycles. The van der Waals surface area contributed by atoms with Crippen LogP contribution in [0.1, 0.15) is 25.0 Å². The Morgan fingerprint density at radius 2 is 0.849 bits per heavy atom. The second-order valence-corrected chi connectivity index (χ2v) is 16.6. The quantitative estimate of drug-likeness (QED) is 0.182. The number of thiophene rings is 2. The summed E-state index contributed by atoms with van der Waals surface area (Å²) in [6, 6.07) is 57.3. The fourth-order valence-electron chi connectivity index (χ4n) is 8.63. The number of fused-ring (bicyclic) bond motifs is 9. The third-order valence-electron chi connectivity index (χ3n) is 11.2. The smallest absolute Gasteiger partial charge is 0.161 e. The standard InChI is InChI=1S/C49H32N2S2/c1-49(2)39-24-8-5-18-36(39)45-32(19-13-25-40(45)49)29-14-3-4-17-35(29)48-50-41(37-22-11-20-33-30-15-6-9-26-43(30)52-46(33)37)28-42(51-48)38-23-12-21-34-31-16-7-10-27-44(31)53-47(34)38/h3-28H,1-2H3. The van der Waals surface area contributed by atoms with E-state index in [1.807, 2.05) is 22.7 Å². The first-order valence-corrected chi connectivity index (χ1v) is 19.7. The second-order valence-electron chi connectivity index (χ2n) is 14.5. The minimum Gasteiger partial charge on any atom is -0.228 e. The lowest BCUT2D eigenvalue weighted by Gasteiger charge is -2.21. The van der Waals surface area contributed by atoms with Crippen LogP contribution in [0.5, 0.6) is 0 Å². The fraction of sp³-hybridized carbons (Fsp3) is 0.0612. The Hall–Kier alpha value is -5.94. The van der Waals surface area contributed by atoms with Crippen molar-refractivity contribution in [2.24, 2.45) is 0 Å². The molecule has 4 heteroatoms. The summed E-state index contributed by atoms with van der Waals surface area (Å²) in [6.45, 7) is 4.69. The Bertz CT molecular complexity index is 2980. The van der Waals surface area contributed by atoms with E-state index in [-0.39, 0.29) is 5.41 Å². The second kappa shape index (κ2) is 11.5. The number of hydrogen-bond donors (Lipinski definition) is 0. The van der Waals surface area contributed by atoms with Gasteiger partial charge in [-0.05, 0) is 51.6 Å². The van der Waals surface area contributed by atoms with Crippen LogP contribution < -0.4 is 0 Å². The summed E-state index contributed by atoms with van der Waals surface area (Å²) in [7, 11) is 0. The first-order chi connectivity index (χ1) is 26.0. The molecular weight excluding hydrogens is 681 g/mol. The van der Waals surface area contributed by atoms with Gasteiger partial charge in [0, 0.05) is 62.4 Å². The molecule has 0 atom stereocenters. The average molecular weight is 713 g/mol. The Kier molecular flexibility index (Phi) is 6.67. The molecule has 0 unspecified atom stereocenters. The zero-order valence-corrected chi connectivity index (χ0v) is 30.9. The Balaban J connectivity index is 1.19. The van der Waals surface area contributed by atoms with Crippen LogP contribution in [0.15, 0.2) is 158 Å². The molecule has 250 valence electrons. The highest BCUT2D eigenvalue weighted by Crippen LogP contribution is 2.53. The van der Waals surface area contributed by atoms with Crippen molar-refractivity contribution in [3.05, 3.63) is 169 Å². The summed E-state index contributed by atoms with van der Waals surface area (Å²) in [5, 5.41) is 5.09. The zero-order chi connectivity index (χ0) is 35.3. The zero-order valence-electron chi connectivity index (χ0n) is 29.2. The maximum Gasteiger partial charge on any atom is 0.161 e. The van der Waals surface area contributed by atoms with Gasteiger partial charge in [-0.1, -0.05) is 153 Å². The lowest BCUT2D eigenvalue weighted by Crippen LogP contribution is -2.14. The Morgan fingerprint density at radius 1 is 0.396 bits per heavy atom. The molecule has 7 aromatic carbocycles. The van der Waals surface area contributed by atoms with Crippen molar-refractivity contribution in [3.8, 4) is 56.2 Å². The molecule has 0 fully saturated rings. The van der Waals surface area contributed by atoms with Gasteiger partial charge in [0.05, 0.1) is 11.4 Å². The van der Waals surface area contributed by atoms with Gasteiger partial charge in [0.1, 0.15) is 0 Å². The minimum atomic E-state index is -0.0909. The largest absolute Gasteiger partial charge is 0.228 e. The lowest BCUT2D eigenvalue weighted by atomic mass is 9.82. The van der Waals surface area contributed by atoms with E-state index in [2.05, 4.69) is 172 Å². The third-order valence-corrected chi connectivity index (χ3v) is 13.6. The highest BCUT2D eigenvalue weighted by molar-refractivity contribution is 7.26. The van der Waals surface area contributed by atoms with Crippen LogP contribution >= 0.6 is 22.7 Å². The van der Waals surface area contributed by atoms with Crippen LogP contribution in [-0.2, 0) is 5.41 Å². The summed E-state index contributed by atoms with van der Waals surface area (Å²) < 4.78 is 5.06. The van der Waals surface area contributed by atoms with Crippen LogP contribution in [0.3, 0.4) is 0 Å². The van der Waals surface area contributed by atoms with Crippen LogP contribution in [-0.4, -0.2) is 9.97 Å². The van der Waals surface area contributed by atoms with Gasteiger partial charge in [0.15, 0.2) is 5.82 Å². The van der Waals surface area contributed by atoms with E-state index in [0.717, 1.165) is 39.5 Å². The highest BCUT2D eigenvalue weighted by atomic mass is 32.1. The molecule has 1 aliphatic carbocycles. The van der Waals surface area contributed by atoms with Crippen LogP contribution in [0.25, 0.3) is 96.5 Å². The van der Waals surface area contributed by atoms with Gasteiger partial charge in [0.25, 0.3) is 0 Å². The molecule has 53 heavy (non-hydrogen) atoms. The predicted octanol–water partition coefficient (Wildman–Crippen LogP) is 14.2. The summed E-state index contributed by atoms with van der Waals surface area (Å²) in [5.74, 6) is 0.729. The Morgan fingerprint density at radius 3 is 1.49 bits per heavy atom. The van der Waals surface area contributed by atoms with E-state index in [1.54, 1.807) is 0 Å². The summed E-state index contributed by atoms with van der Waals surface area (Å²) in [4.78, 5) is 11.0. The molecule has 10 aromatic rings. The van der Waals surface area contributed by atoms with Crippen molar-refractivity contribution in [1.82, 2.24) is 9.97 Å². The van der Waals surface area contributed by atoms with Gasteiger partial charge in [0.2, 0.25) is 0 Å². The molecule has 11 rings (SSSR count). The molecule has 0 saturated heterocycles. The van der Waals surface area contributed by atoms with Gasteiger partial charge < -0.3 is 0 Å². The van der Waals surface area contributed by atoms with Crippen molar-refractivity contribution in [3.63, 3.8) is 0 Å². The van der Waals surface area contributed by atoms with Crippen LogP contribution in [0.4, 0.5) is 0 Å². The predicted molar refractivity (Wildman–Crippen MR) is 227 cm³/mol. The molecule has 0 spiro atoms. The summed E-state index contributed by atoms with van der Waals surface area (Å²) in [6.07, 6.45) is 0. The Labute approximate surface area is 315 Å². The van der Waals surface area contributed by atoms with Gasteiger partial charge in [-0.2, -0.15) is 0 Å². The van der Waals surface area contributed by atoms with Gasteiger partial charge >= 0.3 is 0 Å². The number of nitrogens with zero attached hydrogens (tertiary/aromatic N) is 2. The van der Waals surface area contributed by atoms with Gasteiger partial charge in [-0.15, -0.1) is 22.7 Å². The molecule has 0 N–H and O–H groups in total. The topological polar surface area (TPSA) is 25.8 Å². The van der Waals surface area contributed by atoms with E-state index in [4.69, 9.17) is 9.97 Å². The first-order valence-electron chi connectivity index (χ1n) is 18.1. The van der Waals surface area contributed by atoms with Crippen LogP contribution in [0.2, 0.25) is 0 Å². The van der Waals surface area contributed by atoms with Crippen molar-refractivity contribution >= 4 is 63.0 Å². The maximum absolute atomic E-state index is 5.49. The SMILES string of the molecule is CC1(C)c2ccccc2-c2c(-c3ccccc3-c3nc(-c4cccc5c4sc4ccccc45)cc(-c4cccc5c4sc4ccccc45)n3)cccc21. The summed E-state index contributed by atoms with van der Waals surface area (Å²) >= 11 is 3.68. The van der Waals surface area contributed by atoms with E-state index >= 15 is 0 Å². The molecular formula is C49H32N2S2. The molecule has 3 aromatic heterocycles. The van der Waals surface area contributed by atoms with Crippen molar-refractivity contribution in [2.75, 3.05) is 0 Å². The summed E-state index contributed by atoms with van der Waals surface area (Å²) in [5.41, 5.74) is 12.7. The molecule has 0 radical (unpaired) electrons. The monoisotopic (exact) mass is 712 g/mol. The first kappa shape index (κ1) is 30.7. The lowest BCUT2D eigenvalue weighted by molar-refractivity contribution is 0.660. The number of aromatic nitrogens is 2. The van der Waals surface area contributed by atoms with Crippen molar-refractivity contribution in [2.45, 2.75) is 19.3 Å². The van der Waals surface area contributed by atoms with Crippen molar-refractivity contribution in [1.29, 1.82) is 0 Å². The van der Waals surface area contributed by atoms with E-state index in [1.165, 1.54) is 68.2 Å². The van der Waals surface area contributed by atoms with Crippen molar-refractivity contribution < 1.29 is 0 Å². The van der Waals surface area contributed by atoms with Gasteiger partial charge in [-0.3, -0.25) is 0 Å². The molecule has 0 bridgehead atoms. The number of rotatable bonds is 4. The van der Waals surface area contributed by atoms with E-state index in [9.17, 15) is 0 Å². The minimum absolute atomic E-state index is 0.0909. The highest BCUT2D eigenvalue weighted by Gasteiger charge is 2.37. The molecule has 0 aliphatic heterocycles. The fourth-order valence-corrected chi connectivity index (χ4v) is 11.1. The average Bonchev–Trinajstić information content (AvgIpc) is 3.86. The normalized spacial score (nSPS) is 13.2. The molecule has 3 heterocycles. The number of benzene rings is 7. The molecule has 0 amide bonds. The van der Waals surface area contributed by atoms with Gasteiger partial charge in [-0.25, -0.2) is 9.97 Å². The number of hydrogen-bond acceptors (Lipinski definition) is 4. The van der Waals surface area contributed by atoms with E-state index in [0.29, 0.717) is 0 Å².